The van der Waals surface area contributed by atoms with Gasteiger partial charge in [0.25, 0.3) is 0 Å². The van der Waals surface area contributed by atoms with Gasteiger partial charge in [-0.2, -0.15) is 0 Å². The summed E-state index contributed by atoms with van der Waals surface area (Å²) in [6.45, 7) is 1.41. The Hall–Kier alpha value is -2.04. The number of aryl methyl sites for hydroxylation is 1. The molecule has 0 saturated carbocycles. The second-order valence-electron chi connectivity index (χ2n) is 4.73. The topological polar surface area (TPSA) is 60.9 Å². The van der Waals surface area contributed by atoms with E-state index in [2.05, 4.69) is 0 Å². The van der Waals surface area contributed by atoms with Gasteiger partial charge in [-0.3, -0.25) is 9.69 Å². The third-order valence-electron chi connectivity index (χ3n) is 3.34. The number of carboxylic acids is 1. The molecule has 0 atom stereocenters. The van der Waals surface area contributed by atoms with Crippen LogP contribution in [0.2, 0.25) is 0 Å². The van der Waals surface area contributed by atoms with Crippen LogP contribution >= 0.6 is 0 Å². The highest BCUT2D eigenvalue weighted by Crippen LogP contribution is 2.25. The Labute approximate surface area is 112 Å². The average molecular weight is 262 g/mol. The molecule has 0 bridgehead atoms. The summed E-state index contributed by atoms with van der Waals surface area (Å²) in [5.74, 6) is -0.783. The predicted octanol–water partition coefficient (Wildman–Crippen LogP) is 1.97. The zero-order chi connectivity index (χ0) is 13.8. The van der Waals surface area contributed by atoms with Crippen molar-refractivity contribution in [2.24, 2.45) is 0 Å². The lowest BCUT2D eigenvalue weighted by Gasteiger charge is -2.19. The molecule has 1 aliphatic heterocycles. The first-order chi connectivity index (χ1) is 9.09. The van der Waals surface area contributed by atoms with Crippen LogP contribution in [0.4, 0.5) is 10.5 Å². The number of aliphatic carboxylic acids is 1. The molecule has 1 N–H and O–H groups in total. The van der Waals surface area contributed by atoms with Gasteiger partial charge < -0.3 is 10.0 Å². The number of anilines is 1. The number of nitrogens with zero attached hydrogens (tertiary/aromatic N) is 2. The Bertz CT molecular complexity index is 487. The summed E-state index contributed by atoms with van der Waals surface area (Å²) in [6, 6.07) is 7.72. The first-order valence-electron chi connectivity index (χ1n) is 6.42. The van der Waals surface area contributed by atoms with Gasteiger partial charge in [0.2, 0.25) is 0 Å². The van der Waals surface area contributed by atoms with E-state index in [4.69, 9.17) is 5.11 Å². The molecule has 102 valence electrons. The Morgan fingerprint density at radius 1 is 1.32 bits per heavy atom. The fourth-order valence-electron chi connectivity index (χ4n) is 2.29. The van der Waals surface area contributed by atoms with Crippen molar-refractivity contribution in [3.05, 3.63) is 29.8 Å². The third-order valence-corrected chi connectivity index (χ3v) is 3.34. The van der Waals surface area contributed by atoms with Gasteiger partial charge in [-0.05, 0) is 24.5 Å². The summed E-state index contributed by atoms with van der Waals surface area (Å²) in [5.41, 5.74) is 1.94. The molecule has 1 aromatic rings. The molecule has 2 amide bonds. The molecule has 0 unspecified atom stereocenters. The largest absolute Gasteiger partial charge is 0.481 e. The van der Waals surface area contributed by atoms with Gasteiger partial charge in [0.05, 0.1) is 0 Å². The highest BCUT2D eigenvalue weighted by molar-refractivity contribution is 5.94. The molecule has 0 aliphatic carbocycles. The van der Waals surface area contributed by atoms with Crippen LogP contribution in [0.25, 0.3) is 0 Å². The van der Waals surface area contributed by atoms with E-state index in [1.165, 1.54) is 0 Å². The van der Waals surface area contributed by atoms with Crippen molar-refractivity contribution in [3.63, 3.8) is 0 Å². The van der Waals surface area contributed by atoms with E-state index >= 15 is 0 Å². The molecule has 2 rings (SSSR count). The highest BCUT2D eigenvalue weighted by Gasteiger charge is 2.27. The van der Waals surface area contributed by atoms with E-state index in [9.17, 15) is 9.59 Å². The molecule has 5 heteroatoms. The fourth-order valence-corrected chi connectivity index (χ4v) is 2.29. The standard InChI is InChI=1S/C14H18N2O3/c1-15-9-10-16(14(15)19)12-7-3-2-5-11(12)6-4-8-13(17)18/h2-3,5,7H,4,6,8-10H2,1H3,(H,17,18). The van der Waals surface area contributed by atoms with Gasteiger partial charge in [-0.15, -0.1) is 0 Å². The number of hydrogen-bond acceptors (Lipinski definition) is 2. The maximum Gasteiger partial charge on any atom is 0.324 e. The summed E-state index contributed by atoms with van der Waals surface area (Å²) in [4.78, 5) is 26.0. The van der Waals surface area contributed by atoms with Gasteiger partial charge in [0.1, 0.15) is 0 Å². The lowest BCUT2D eigenvalue weighted by molar-refractivity contribution is -0.137. The van der Waals surface area contributed by atoms with Crippen molar-refractivity contribution in [2.75, 3.05) is 25.0 Å². The van der Waals surface area contributed by atoms with Crippen LogP contribution < -0.4 is 4.90 Å². The number of benzene rings is 1. The minimum atomic E-state index is -0.783. The van der Waals surface area contributed by atoms with Crippen LogP contribution in [-0.4, -0.2) is 42.1 Å². The SMILES string of the molecule is CN1CCN(c2ccccc2CCCC(=O)O)C1=O. The van der Waals surface area contributed by atoms with E-state index in [1.807, 2.05) is 24.3 Å². The van der Waals surface area contributed by atoms with Crippen LogP contribution in [0, 0.1) is 0 Å². The normalized spacial score (nSPS) is 15.1. The van der Waals surface area contributed by atoms with E-state index in [1.54, 1.807) is 16.8 Å². The van der Waals surface area contributed by atoms with Crippen molar-refractivity contribution in [1.82, 2.24) is 4.90 Å². The second kappa shape index (κ2) is 5.73. The Kier molecular flexibility index (Phi) is 4.04. The number of carboxylic acid groups (broad SMARTS) is 1. The Morgan fingerprint density at radius 2 is 2.05 bits per heavy atom. The van der Waals surface area contributed by atoms with E-state index in [0.29, 0.717) is 19.4 Å². The molecule has 1 saturated heterocycles. The van der Waals surface area contributed by atoms with Gasteiger partial charge in [0, 0.05) is 32.2 Å². The predicted molar refractivity (Wildman–Crippen MR) is 72.4 cm³/mol. The van der Waals surface area contributed by atoms with Crippen LogP contribution in [-0.2, 0) is 11.2 Å². The minimum Gasteiger partial charge on any atom is -0.481 e. The number of hydrogen-bond donors (Lipinski definition) is 1. The Morgan fingerprint density at radius 3 is 2.68 bits per heavy atom. The fraction of sp³-hybridized carbons (Fsp3) is 0.429. The smallest absolute Gasteiger partial charge is 0.324 e. The maximum atomic E-state index is 12.0. The molecular formula is C14H18N2O3. The summed E-state index contributed by atoms with van der Waals surface area (Å²) in [7, 11) is 1.79. The van der Waals surface area contributed by atoms with Crippen LogP contribution in [0.3, 0.4) is 0 Å². The van der Waals surface area contributed by atoms with Crippen molar-refractivity contribution in [2.45, 2.75) is 19.3 Å². The van der Waals surface area contributed by atoms with Crippen molar-refractivity contribution in [3.8, 4) is 0 Å². The van der Waals surface area contributed by atoms with Crippen LogP contribution in [0.15, 0.2) is 24.3 Å². The summed E-state index contributed by atoms with van der Waals surface area (Å²) >= 11 is 0. The molecule has 0 spiro atoms. The Balaban J connectivity index is 2.12. The quantitative estimate of drug-likeness (QED) is 0.882. The molecular weight excluding hydrogens is 244 g/mol. The van der Waals surface area contributed by atoms with E-state index < -0.39 is 5.97 Å². The van der Waals surface area contributed by atoms with Crippen LogP contribution in [0.1, 0.15) is 18.4 Å². The minimum absolute atomic E-state index is 0.00526. The zero-order valence-corrected chi connectivity index (χ0v) is 11.0. The highest BCUT2D eigenvalue weighted by atomic mass is 16.4. The number of rotatable bonds is 5. The van der Waals surface area contributed by atoms with Crippen molar-refractivity contribution in [1.29, 1.82) is 0 Å². The van der Waals surface area contributed by atoms with E-state index in [0.717, 1.165) is 17.8 Å². The number of urea groups is 1. The summed E-state index contributed by atoms with van der Waals surface area (Å²) in [5, 5.41) is 8.68. The average Bonchev–Trinajstić information content (AvgIpc) is 2.70. The summed E-state index contributed by atoms with van der Waals surface area (Å²) in [6.07, 6.45) is 1.42. The molecule has 1 fully saturated rings. The third kappa shape index (κ3) is 3.05. The second-order valence-corrected chi connectivity index (χ2v) is 4.73. The van der Waals surface area contributed by atoms with Crippen molar-refractivity contribution >= 4 is 17.7 Å². The molecule has 1 aliphatic rings. The van der Waals surface area contributed by atoms with E-state index in [-0.39, 0.29) is 12.5 Å². The van der Waals surface area contributed by atoms with Gasteiger partial charge in [-0.25, -0.2) is 4.79 Å². The molecule has 0 aromatic heterocycles. The monoisotopic (exact) mass is 262 g/mol. The van der Waals surface area contributed by atoms with Crippen LogP contribution in [0.5, 0.6) is 0 Å². The van der Waals surface area contributed by atoms with Gasteiger partial charge in [0.15, 0.2) is 0 Å². The zero-order valence-electron chi connectivity index (χ0n) is 11.0. The molecule has 5 nitrogen and oxygen atoms in total. The first-order valence-corrected chi connectivity index (χ1v) is 6.42. The molecule has 19 heavy (non-hydrogen) atoms. The molecule has 1 aromatic carbocycles. The first kappa shape index (κ1) is 13.4. The number of carbonyl (C=O) groups is 2. The van der Waals surface area contributed by atoms with Gasteiger partial charge in [-0.1, -0.05) is 18.2 Å². The maximum absolute atomic E-state index is 12.0. The number of carbonyl (C=O) groups excluding carboxylic acids is 1. The van der Waals surface area contributed by atoms with Gasteiger partial charge >= 0.3 is 12.0 Å². The molecule has 1 heterocycles. The number of likely N-dealkylation sites (N-methyl/N-ethyl adjacent to an activating group) is 1. The lowest BCUT2D eigenvalue weighted by Crippen LogP contribution is -2.29. The summed E-state index contributed by atoms with van der Waals surface area (Å²) < 4.78 is 0. The number of amides is 2. The van der Waals surface area contributed by atoms with Crippen molar-refractivity contribution < 1.29 is 14.7 Å². The lowest BCUT2D eigenvalue weighted by atomic mass is 10.1. The molecule has 0 radical (unpaired) electrons. The number of para-hydroxylation sites is 1.